The Kier molecular flexibility index (Phi) is 7.17. The standard InChI is InChI=1S/C20H22FN3.C2HF3O2/c21-15-6-8-16(9-7-15)23-11-3-13-24-19-5-2-1-4-17(19)18-10-12-22-14-20(18)24;3-2(4,5)1(6)7/h1-2,4-9,22-23H,3,10-14H2;(H,6,7). The summed E-state index contributed by atoms with van der Waals surface area (Å²) in [7, 11) is 0. The average Bonchev–Trinajstić information content (AvgIpc) is 3.06. The second kappa shape index (κ2) is 9.82. The van der Waals surface area contributed by atoms with Gasteiger partial charge in [0.05, 0.1) is 0 Å². The molecule has 0 bridgehead atoms. The molecule has 1 aliphatic rings. The Morgan fingerprint density at radius 2 is 1.81 bits per heavy atom. The van der Waals surface area contributed by atoms with E-state index in [-0.39, 0.29) is 5.82 Å². The molecule has 31 heavy (non-hydrogen) atoms. The molecule has 2 aromatic carbocycles. The molecule has 0 atom stereocenters. The average molecular weight is 437 g/mol. The number of carboxylic acids is 1. The van der Waals surface area contributed by atoms with E-state index in [1.54, 1.807) is 12.1 Å². The fourth-order valence-corrected chi connectivity index (χ4v) is 3.62. The number of benzene rings is 2. The quantitative estimate of drug-likeness (QED) is 0.404. The predicted octanol–water partition coefficient (Wildman–Crippen LogP) is 4.56. The van der Waals surface area contributed by atoms with Crippen molar-refractivity contribution < 1.29 is 27.5 Å². The van der Waals surface area contributed by atoms with Gasteiger partial charge in [0.25, 0.3) is 0 Å². The Morgan fingerprint density at radius 1 is 1.13 bits per heavy atom. The number of nitrogens with zero attached hydrogens (tertiary/aromatic N) is 1. The maximum absolute atomic E-state index is 12.9. The highest BCUT2D eigenvalue weighted by Gasteiger charge is 2.38. The first kappa shape index (κ1) is 22.6. The van der Waals surface area contributed by atoms with Crippen LogP contribution >= 0.6 is 0 Å². The monoisotopic (exact) mass is 437 g/mol. The smallest absolute Gasteiger partial charge is 0.475 e. The zero-order valence-corrected chi connectivity index (χ0v) is 16.7. The van der Waals surface area contributed by atoms with Crippen molar-refractivity contribution in [2.75, 3.05) is 18.4 Å². The molecule has 3 aromatic rings. The minimum atomic E-state index is -5.08. The fourth-order valence-electron chi connectivity index (χ4n) is 3.62. The Bertz CT molecular complexity index is 1030. The van der Waals surface area contributed by atoms with Crippen molar-refractivity contribution in [3.63, 3.8) is 0 Å². The number of nitrogens with one attached hydrogen (secondary N) is 2. The molecule has 1 aliphatic heterocycles. The lowest BCUT2D eigenvalue weighted by atomic mass is 10.1. The zero-order valence-electron chi connectivity index (χ0n) is 16.7. The molecule has 0 unspecified atom stereocenters. The first-order valence-electron chi connectivity index (χ1n) is 9.86. The third-order valence-electron chi connectivity index (χ3n) is 5.01. The molecule has 0 amide bonds. The van der Waals surface area contributed by atoms with E-state index in [1.165, 1.54) is 34.3 Å². The lowest BCUT2D eigenvalue weighted by molar-refractivity contribution is -0.192. The molecule has 166 valence electrons. The number of para-hydroxylation sites is 1. The normalized spacial score (nSPS) is 13.3. The summed E-state index contributed by atoms with van der Waals surface area (Å²) in [5.41, 5.74) is 5.26. The van der Waals surface area contributed by atoms with Gasteiger partial charge < -0.3 is 20.3 Å². The van der Waals surface area contributed by atoms with E-state index < -0.39 is 12.1 Å². The molecule has 0 fully saturated rings. The van der Waals surface area contributed by atoms with Crippen molar-refractivity contribution in [2.45, 2.75) is 32.1 Å². The highest BCUT2D eigenvalue weighted by Crippen LogP contribution is 2.28. The van der Waals surface area contributed by atoms with Crippen LogP contribution < -0.4 is 10.6 Å². The van der Waals surface area contributed by atoms with E-state index in [9.17, 15) is 17.6 Å². The maximum Gasteiger partial charge on any atom is 0.490 e. The maximum atomic E-state index is 12.9. The highest BCUT2D eigenvalue weighted by molar-refractivity contribution is 5.85. The second-order valence-electron chi connectivity index (χ2n) is 7.11. The number of aliphatic carboxylic acids is 1. The van der Waals surface area contributed by atoms with Crippen LogP contribution in [0.1, 0.15) is 17.7 Å². The molecular formula is C22H23F4N3O2. The molecule has 0 saturated carbocycles. The van der Waals surface area contributed by atoms with Gasteiger partial charge in [-0.15, -0.1) is 0 Å². The Morgan fingerprint density at radius 3 is 2.48 bits per heavy atom. The van der Waals surface area contributed by atoms with E-state index in [0.29, 0.717) is 0 Å². The SMILES string of the molecule is Fc1ccc(NCCCn2c3c(c4ccccc42)CCNC3)cc1.O=C(O)C(F)(F)F. The van der Waals surface area contributed by atoms with E-state index >= 15 is 0 Å². The molecule has 1 aromatic heterocycles. The fraction of sp³-hybridized carbons (Fsp3) is 0.318. The second-order valence-corrected chi connectivity index (χ2v) is 7.11. The van der Waals surface area contributed by atoms with Crippen LogP contribution in [-0.4, -0.2) is 34.9 Å². The van der Waals surface area contributed by atoms with Crippen LogP contribution in [-0.2, 0) is 24.3 Å². The molecule has 2 heterocycles. The van der Waals surface area contributed by atoms with Crippen molar-refractivity contribution in [3.05, 3.63) is 65.6 Å². The number of aryl methyl sites for hydroxylation is 1. The summed E-state index contributed by atoms with van der Waals surface area (Å²) in [6.45, 7) is 3.88. The lowest BCUT2D eigenvalue weighted by Crippen LogP contribution is -2.25. The molecule has 3 N–H and O–H groups in total. The van der Waals surface area contributed by atoms with Gasteiger partial charge in [-0.2, -0.15) is 13.2 Å². The number of fused-ring (bicyclic) bond motifs is 3. The largest absolute Gasteiger partial charge is 0.490 e. The highest BCUT2D eigenvalue weighted by atomic mass is 19.4. The molecule has 9 heteroatoms. The van der Waals surface area contributed by atoms with Gasteiger partial charge in [0.1, 0.15) is 5.82 Å². The summed E-state index contributed by atoms with van der Waals surface area (Å²) in [5.74, 6) is -2.95. The summed E-state index contributed by atoms with van der Waals surface area (Å²) in [4.78, 5) is 8.90. The molecule has 4 rings (SSSR count). The van der Waals surface area contributed by atoms with Gasteiger partial charge >= 0.3 is 12.1 Å². The van der Waals surface area contributed by atoms with Crippen molar-refractivity contribution in [1.29, 1.82) is 0 Å². The number of carboxylic acid groups (broad SMARTS) is 1. The number of carbonyl (C=O) groups is 1. The summed E-state index contributed by atoms with van der Waals surface area (Å²) in [5, 5.41) is 15.4. The van der Waals surface area contributed by atoms with Gasteiger partial charge in [0.15, 0.2) is 0 Å². The number of rotatable bonds is 5. The number of aromatic nitrogens is 1. The molecule has 0 radical (unpaired) electrons. The third-order valence-corrected chi connectivity index (χ3v) is 5.01. The number of hydrogen-bond donors (Lipinski definition) is 3. The number of halogens is 4. The molecule has 5 nitrogen and oxygen atoms in total. The van der Waals surface area contributed by atoms with Crippen molar-refractivity contribution in [1.82, 2.24) is 9.88 Å². The van der Waals surface area contributed by atoms with Crippen LogP contribution in [0.5, 0.6) is 0 Å². The Balaban J connectivity index is 0.000000339. The van der Waals surface area contributed by atoms with E-state index in [0.717, 1.165) is 44.7 Å². The Labute approximate surface area is 176 Å². The molecule has 0 aliphatic carbocycles. The minimum absolute atomic E-state index is 0.196. The van der Waals surface area contributed by atoms with Gasteiger partial charge in [0.2, 0.25) is 0 Å². The lowest BCUT2D eigenvalue weighted by Gasteiger charge is -2.17. The summed E-state index contributed by atoms with van der Waals surface area (Å²) >= 11 is 0. The number of anilines is 1. The van der Waals surface area contributed by atoms with Crippen LogP contribution in [0.3, 0.4) is 0 Å². The summed E-state index contributed by atoms with van der Waals surface area (Å²) < 4.78 is 47.1. The number of alkyl halides is 3. The van der Waals surface area contributed by atoms with Crippen LogP contribution in [0.4, 0.5) is 23.2 Å². The third kappa shape index (κ3) is 5.75. The summed E-state index contributed by atoms with van der Waals surface area (Å²) in [6, 6.07) is 15.3. The van der Waals surface area contributed by atoms with Gasteiger partial charge in [-0.1, -0.05) is 18.2 Å². The van der Waals surface area contributed by atoms with Crippen LogP contribution in [0.15, 0.2) is 48.5 Å². The van der Waals surface area contributed by atoms with E-state index in [4.69, 9.17) is 9.90 Å². The van der Waals surface area contributed by atoms with Gasteiger partial charge in [-0.25, -0.2) is 9.18 Å². The van der Waals surface area contributed by atoms with Gasteiger partial charge in [-0.3, -0.25) is 0 Å². The van der Waals surface area contributed by atoms with Crippen LogP contribution in [0.25, 0.3) is 10.9 Å². The molecule has 0 spiro atoms. The first-order chi connectivity index (χ1) is 14.8. The van der Waals surface area contributed by atoms with Crippen molar-refractivity contribution in [3.8, 4) is 0 Å². The topological polar surface area (TPSA) is 66.3 Å². The minimum Gasteiger partial charge on any atom is -0.475 e. The van der Waals surface area contributed by atoms with Crippen molar-refractivity contribution in [2.24, 2.45) is 0 Å². The zero-order chi connectivity index (χ0) is 22.4. The van der Waals surface area contributed by atoms with Crippen LogP contribution in [0.2, 0.25) is 0 Å². The molecule has 0 saturated heterocycles. The molecular weight excluding hydrogens is 414 g/mol. The van der Waals surface area contributed by atoms with E-state index in [1.807, 2.05) is 0 Å². The Hall–Kier alpha value is -3.07. The number of hydrogen-bond acceptors (Lipinski definition) is 3. The first-order valence-corrected chi connectivity index (χ1v) is 9.86. The predicted molar refractivity (Wildman–Crippen MR) is 111 cm³/mol. The van der Waals surface area contributed by atoms with Crippen LogP contribution in [0, 0.1) is 5.82 Å². The van der Waals surface area contributed by atoms with Gasteiger partial charge in [0, 0.05) is 41.9 Å². The van der Waals surface area contributed by atoms with E-state index in [2.05, 4.69) is 39.5 Å². The summed E-state index contributed by atoms with van der Waals surface area (Å²) in [6.07, 6.45) is -2.95. The van der Waals surface area contributed by atoms with Gasteiger partial charge in [-0.05, 0) is 55.3 Å². The van der Waals surface area contributed by atoms with Crippen molar-refractivity contribution >= 4 is 22.6 Å².